The summed E-state index contributed by atoms with van der Waals surface area (Å²) in [4.78, 5) is 22.0. The summed E-state index contributed by atoms with van der Waals surface area (Å²) in [6.45, 7) is -0.435. The number of hydrogen-bond acceptors (Lipinski definition) is 7. The molecule has 4 atom stereocenters. The van der Waals surface area contributed by atoms with Gasteiger partial charge < -0.3 is 25.0 Å². The van der Waals surface area contributed by atoms with Gasteiger partial charge in [-0.25, -0.2) is 9.97 Å². The maximum atomic E-state index is 11.8. The molecule has 3 heterocycles. The third-order valence-corrected chi connectivity index (χ3v) is 3.16. The monoisotopic (exact) mass is 268 g/mol. The smallest absolute Gasteiger partial charge is 0.277 e. The SMILES string of the molecule is O=c1[nH]cnc2ncn([C@H]3O[C@@H](CO)[C@H](O)[C@@H]3O)c12. The number of ether oxygens (including phenoxy) is 1. The number of aliphatic hydroxyl groups excluding tert-OH is 3. The highest BCUT2D eigenvalue weighted by Crippen LogP contribution is 2.30. The second-order valence-corrected chi connectivity index (χ2v) is 4.28. The first kappa shape index (κ1) is 12.2. The van der Waals surface area contributed by atoms with Crippen molar-refractivity contribution in [2.45, 2.75) is 24.5 Å². The largest absolute Gasteiger partial charge is 0.394 e. The van der Waals surface area contributed by atoms with E-state index in [9.17, 15) is 15.0 Å². The Bertz CT molecular complexity index is 653. The van der Waals surface area contributed by atoms with E-state index in [1.54, 1.807) is 0 Å². The molecule has 0 bridgehead atoms. The van der Waals surface area contributed by atoms with Crippen molar-refractivity contribution < 1.29 is 20.1 Å². The number of aliphatic hydroxyl groups is 3. The highest BCUT2D eigenvalue weighted by atomic mass is 16.6. The first-order valence-corrected chi connectivity index (χ1v) is 5.66. The molecule has 2 aromatic heterocycles. The van der Waals surface area contributed by atoms with Crippen molar-refractivity contribution in [3.63, 3.8) is 0 Å². The molecule has 3 rings (SSSR count). The number of imidazole rings is 1. The Balaban J connectivity index is 2.08. The first-order chi connectivity index (χ1) is 9.13. The third kappa shape index (κ3) is 1.75. The van der Waals surface area contributed by atoms with Crippen LogP contribution in [0.4, 0.5) is 0 Å². The summed E-state index contributed by atoms with van der Waals surface area (Å²) in [6.07, 6.45) is -1.89. The number of rotatable bonds is 2. The molecule has 0 aliphatic carbocycles. The summed E-state index contributed by atoms with van der Waals surface area (Å²) in [7, 11) is 0. The molecule has 9 heteroatoms. The molecule has 19 heavy (non-hydrogen) atoms. The van der Waals surface area contributed by atoms with Gasteiger partial charge in [-0.2, -0.15) is 0 Å². The van der Waals surface area contributed by atoms with Gasteiger partial charge in [0.1, 0.15) is 24.6 Å². The minimum atomic E-state index is -1.27. The summed E-state index contributed by atoms with van der Waals surface area (Å²) >= 11 is 0. The summed E-state index contributed by atoms with van der Waals surface area (Å²) < 4.78 is 6.63. The molecule has 1 aliphatic heterocycles. The standard InChI is InChI=1S/C10H12N4O5/c15-1-4-6(16)7(17)10(19-4)14-3-13-8-5(14)9(18)12-2-11-8/h2-4,6-7,10,15-17H,1H2,(H,11,12,18)/t4-,6-,7-,10-/m0/s1. The molecular weight excluding hydrogens is 256 g/mol. The minimum absolute atomic E-state index is 0.136. The number of nitrogens with zero attached hydrogens (tertiary/aromatic N) is 3. The quantitative estimate of drug-likeness (QED) is 0.482. The Hall–Kier alpha value is -1.81. The molecule has 2 aromatic rings. The molecule has 0 amide bonds. The van der Waals surface area contributed by atoms with Gasteiger partial charge in [0.25, 0.3) is 5.56 Å². The van der Waals surface area contributed by atoms with Crippen LogP contribution in [0.5, 0.6) is 0 Å². The maximum absolute atomic E-state index is 11.8. The van der Waals surface area contributed by atoms with E-state index in [-0.39, 0.29) is 11.2 Å². The first-order valence-electron chi connectivity index (χ1n) is 5.66. The number of aromatic amines is 1. The lowest BCUT2D eigenvalue weighted by Gasteiger charge is -2.16. The molecule has 4 N–H and O–H groups in total. The van der Waals surface area contributed by atoms with Crippen molar-refractivity contribution in [3.05, 3.63) is 23.0 Å². The topological polar surface area (TPSA) is 133 Å². The van der Waals surface area contributed by atoms with Gasteiger partial charge in [0.2, 0.25) is 0 Å². The van der Waals surface area contributed by atoms with Crippen LogP contribution in [0.15, 0.2) is 17.4 Å². The van der Waals surface area contributed by atoms with Crippen LogP contribution in [-0.4, -0.2) is 59.8 Å². The van der Waals surface area contributed by atoms with Crippen LogP contribution in [0.25, 0.3) is 11.2 Å². The molecular formula is C10H12N4O5. The van der Waals surface area contributed by atoms with Gasteiger partial charge in [-0.05, 0) is 0 Å². The van der Waals surface area contributed by atoms with Crippen LogP contribution >= 0.6 is 0 Å². The molecule has 0 aromatic carbocycles. The predicted molar refractivity (Wildman–Crippen MR) is 61.2 cm³/mol. The zero-order chi connectivity index (χ0) is 13.6. The average molecular weight is 268 g/mol. The van der Waals surface area contributed by atoms with E-state index in [4.69, 9.17) is 9.84 Å². The number of aromatic nitrogens is 4. The van der Waals surface area contributed by atoms with Gasteiger partial charge in [-0.3, -0.25) is 9.36 Å². The number of H-pyrrole nitrogens is 1. The third-order valence-electron chi connectivity index (χ3n) is 3.16. The Morgan fingerprint density at radius 3 is 2.84 bits per heavy atom. The van der Waals surface area contributed by atoms with E-state index >= 15 is 0 Å². The number of nitrogens with one attached hydrogen (secondary N) is 1. The van der Waals surface area contributed by atoms with E-state index in [0.29, 0.717) is 0 Å². The number of hydrogen-bond donors (Lipinski definition) is 4. The maximum Gasteiger partial charge on any atom is 0.277 e. The molecule has 1 saturated heterocycles. The summed E-state index contributed by atoms with van der Waals surface area (Å²) in [5, 5.41) is 28.6. The van der Waals surface area contributed by atoms with Crippen LogP contribution in [0.3, 0.4) is 0 Å². The zero-order valence-electron chi connectivity index (χ0n) is 9.67. The summed E-state index contributed by atoms with van der Waals surface area (Å²) in [6, 6.07) is 0. The number of fused-ring (bicyclic) bond motifs is 1. The Kier molecular flexibility index (Phi) is 2.82. The Morgan fingerprint density at radius 2 is 2.16 bits per heavy atom. The van der Waals surface area contributed by atoms with E-state index in [1.165, 1.54) is 17.2 Å². The molecule has 0 spiro atoms. The fraction of sp³-hybridized carbons (Fsp3) is 0.500. The van der Waals surface area contributed by atoms with Crippen LogP contribution < -0.4 is 5.56 Å². The van der Waals surface area contributed by atoms with E-state index < -0.39 is 36.7 Å². The lowest BCUT2D eigenvalue weighted by atomic mass is 10.1. The molecule has 102 valence electrons. The molecule has 0 radical (unpaired) electrons. The zero-order valence-corrected chi connectivity index (χ0v) is 9.67. The molecule has 0 saturated carbocycles. The fourth-order valence-corrected chi connectivity index (χ4v) is 2.19. The highest BCUT2D eigenvalue weighted by molar-refractivity contribution is 5.69. The Labute approximate surface area is 106 Å². The lowest BCUT2D eigenvalue weighted by molar-refractivity contribution is -0.0509. The van der Waals surface area contributed by atoms with Gasteiger partial charge in [0, 0.05) is 0 Å². The lowest BCUT2D eigenvalue weighted by Crippen LogP contribution is -2.33. The molecule has 1 fully saturated rings. The van der Waals surface area contributed by atoms with Gasteiger partial charge in [-0.15, -0.1) is 0 Å². The molecule has 9 nitrogen and oxygen atoms in total. The summed E-state index contributed by atoms with van der Waals surface area (Å²) in [5.74, 6) is 0. The van der Waals surface area contributed by atoms with Gasteiger partial charge in [0.15, 0.2) is 17.4 Å². The molecule has 0 unspecified atom stereocenters. The van der Waals surface area contributed by atoms with Gasteiger partial charge in [-0.1, -0.05) is 0 Å². The minimum Gasteiger partial charge on any atom is -0.394 e. The normalized spacial score (nSPS) is 31.1. The van der Waals surface area contributed by atoms with Crippen molar-refractivity contribution >= 4 is 11.2 Å². The second kappa shape index (κ2) is 4.38. The van der Waals surface area contributed by atoms with Crippen LogP contribution in [-0.2, 0) is 4.74 Å². The van der Waals surface area contributed by atoms with Crippen LogP contribution in [0.2, 0.25) is 0 Å². The summed E-state index contributed by atoms with van der Waals surface area (Å²) in [5.41, 5.74) is -0.0842. The highest BCUT2D eigenvalue weighted by Gasteiger charge is 2.43. The fourth-order valence-electron chi connectivity index (χ4n) is 2.19. The van der Waals surface area contributed by atoms with Crippen LogP contribution in [0.1, 0.15) is 6.23 Å². The van der Waals surface area contributed by atoms with Crippen molar-refractivity contribution in [2.75, 3.05) is 6.61 Å². The van der Waals surface area contributed by atoms with Crippen LogP contribution in [0, 0.1) is 0 Å². The van der Waals surface area contributed by atoms with Gasteiger partial charge in [0.05, 0.1) is 12.9 Å². The average Bonchev–Trinajstić information content (AvgIpc) is 2.94. The van der Waals surface area contributed by atoms with Crippen molar-refractivity contribution in [2.24, 2.45) is 0 Å². The predicted octanol–water partition coefficient (Wildman–Crippen LogP) is -2.27. The van der Waals surface area contributed by atoms with E-state index in [2.05, 4.69) is 15.0 Å². The second-order valence-electron chi connectivity index (χ2n) is 4.28. The van der Waals surface area contributed by atoms with Crippen molar-refractivity contribution in [1.29, 1.82) is 0 Å². The van der Waals surface area contributed by atoms with Gasteiger partial charge >= 0.3 is 0 Å². The Morgan fingerprint density at radius 1 is 1.37 bits per heavy atom. The van der Waals surface area contributed by atoms with Crippen molar-refractivity contribution in [3.8, 4) is 0 Å². The van der Waals surface area contributed by atoms with E-state index in [1.807, 2.05) is 0 Å². The van der Waals surface area contributed by atoms with Crippen molar-refractivity contribution in [1.82, 2.24) is 19.5 Å². The van der Waals surface area contributed by atoms with E-state index in [0.717, 1.165) is 0 Å². The molecule has 1 aliphatic rings.